The Morgan fingerprint density at radius 1 is 0.562 bits per heavy atom. The number of nitrogens with zero attached hydrogens (tertiary/aromatic N) is 6. The molecule has 0 bridgehead atoms. The molecule has 0 amide bonds. The number of esters is 2. The number of carbonyl (C=O) groups is 4. The third-order valence-corrected chi connectivity index (χ3v) is 8.92. The van der Waals surface area contributed by atoms with Crippen LogP contribution in [0, 0.1) is 0 Å². The molecule has 6 rings (SSSR count). The number of ether oxygens (including phenoxy) is 4. The van der Waals surface area contributed by atoms with Gasteiger partial charge in [0.05, 0.1) is 22.9 Å². The maximum absolute atomic E-state index is 13.1. The van der Waals surface area contributed by atoms with Crippen LogP contribution in [-0.2, 0) is 35.0 Å². The highest BCUT2D eigenvalue weighted by Crippen LogP contribution is 2.31. The van der Waals surface area contributed by atoms with Gasteiger partial charge in [0, 0.05) is 22.9 Å². The van der Waals surface area contributed by atoms with Crippen LogP contribution in [0.2, 0.25) is 10.3 Å². The molecule has 0 aliphatic heterocycles. The van der Waals surface area contributed by atoms with E-state index in [1.807, 2.05) is 81.4 Å². The molecule has 0 saturated carbocycles. The molecule has 0 unspecified atom stereocenters. The zero-order chi connectivity index (χ0) is 47.4. The van der Waals surface area contributed by atoms with Gasteiger partial charge in [0.1, 0.15) is 32.7 Å². The van der Waals surface area contributed by atoms with Gasteiger partial charge in [0.15, 0.2) is 22.9 Å². The molecule has 0 aliphatic carbocycles. The molecule has 0 spiro atoms. The minimum atomic E-state index is -0.737. The van der Waals surface area contributed by atoms with Crippen molar-refractivity contribution >= 4 is 75.5 Å². The second kappa shape index (κ2) is 19.3. The molecule has 0 atom stereocenters. The van der Waals surface area contributed by atoms with Gasteiger partial charge in [0.25, 0.3) is 0 Å². The maximum atomic E-state index is 13.1. The lowest BCUT2D eigenvalue weighted by atomic mass is 10.2. The molecule has 16 heteroatoms. The molecule has 14 nitrogen and oxygen atoms in total. The first-order valence-electron chi connectivity index (χ1n) is 20.6. The SMILES string of the molecule is CC(C)(C)OC(=O)/C=C/c1cc2c(Cl)nc(-c3ccccc3)nc2n1C(=O)OC(C)(C)C.CC(C)(C)OC(=O)CCc1cc2c(Cl)nc(-c3ccccc3)nc2n1C(=O)OC(C)(C)C. The van der Waals surface area contributed by atoms with Gasteiger partial charge in [-0.25, -0.2) is 43.5 Å². The normalized spacial score (nSPS) is 12.2. The highest BCUT2D eigenvalue weighted by molar-refractivity contribution is 6.34. The Morgan fingerprint density at radius 3 is 1.44 bits per heavy atom. The van der Waals surface area contributed by atoms with Gasteiger partial charge in [-0.2, -0.15) is 0 Å². The molecule has 64 heavy (non-hydrogen) atoms. The van der Waals surface area contributed by atoms with Crippen LogP contribution in [0.1, 0.15) is 101 Å². The van der Waals surface area contributed by atoms with Crippen molar-refractivity contribution in [1.29, 1.82) is 0 Å². The minimum absolute atomic E-state index is 0.0903. The standard InChI is InChI=1S/C24H28ClN3O4.C24H26ClN3O4/c2*1-23(2,3)31-18(29)13-12-16-14-17-19(25)26-20(15-10-8-7-9-11-15)27-21(17)28(16)22(30)32-24(4,5)6/h7-11,14H,12-13H2,1-6H3;7-14H,1-6H3/b;13-12+. The summed E-state index contributed by atoms with van der Waals surface area (Å²) in [5.41, 5.74) is 0.353. The predicted molar refractivity (Wildman–Crippen MR) is 248 cm³/mol. The van der Waals surface area contributed by atoms with Gasteiger partial charge in [-0.1, -0.05) is 83.9 Å². The fraction of sp³-hybridized carbons (Fsp3) is 0.375. The number of aromatic nitrogens is 6. The van der Waals surface area contributed by atoms with Crippen LogP contribution >= 0.6 is 23.2 Å². The highest BCUT2D eigenvalue weighted by atomic mass is 35.5. The Hall–Kier alpha value is -6.12. The average molecular weight is 914 g/mol. The molecule has 0 radical (unpaired) electrons. The van der Waals surface area contributed by atoms with Gasteiger partial charge in [-0.05, 0) is 108 Å². The molecule has 0 N–H and O–H groups in total. The van der Waals surface area contributed by atoms with Gasteiger partial charge >= 0.3 is 24.1 Å². The lowest BCUT2D eigenvalue weighted by molar-refractivity contribution is -0.155. The summed E-state index contributed by atoms with van der Waals surface area (Å²) in [6.45, 7) is 21.4. The number of hydrogen-bond acceptors (Lipinski definition) is 12. The lowest BCUT2D eigenvalue weighted by Gasteiger charge is -2.21. The van der Waals surface area contributed by atoms with E-state index in [4.69, 9.17) is 42.1 Å². The Labute approximate surface area is 382 Å². The minimum Gasteiger partial charge on any atom is -0.460 e. The zero-order valence-electron chi connectivity index (χ0n) is 38.2. The number of benzene rings is 2. The Morgan fingerprint density at radius 2 is 0.984 bits per heavy atom. The van der Waals surface area contributed by atoms with Crippen molar-refractivity contribution in [3.63, 3.8) is 0 Å². The maximum Gasteiger partial charge on any atom is 0.420 e. The van der Waals surface area contributed by atoms with Crippen molar-refractivity contribution in [1.82, 2.24) is 29.1 Å². The van der Waals surface area contributed by atoms with Crippen molar-refractivity contribution in [2.24, 2.45) is 0 Å². The van der Waals surface area contributed by atoms with Crippen molar-refractivity contribution in [3.8, 4) is 22.8 Å². The Balaban J connectivity index is 0.000000241. The summed E-state index contributed by atoms with van der Waals surface area (Å²) in [4.78, 5) is 68.6. The summed E-state index contributed by atoms with van der Waals surface area (Å²) in [6, 6.07) is 22.0. The van der Waals surface area contributed by atoms with Crippen LogP contribution in [0.3, 0.4) is 0 Å². The third-order valence-electron chi connectivity index (χ3n) is 8.35. The summed E-state index contributed by atoms with van der Waals surface area (Å²) < 4.78 is 24.5. The molecular weight excluding hydrogens is 859 g/mol. The number of aryl methyl sites for hydroxylation is 1. The molecule has 6 aromatic rings. The number of halogens is 2. The zero-order valence-corrected chi connectivity index (χ0v) is 39.7. The number of hydrogen-bond donors (Lipinski definition) is 0. The number of fused-ring (bicyclic) bond motifs is 2. The summed E-state index contributed by atoms with van der Waals surface area (Å²) in [6.07, 6.45) is 1.82. The molecule has 4 heterocycles. The topological polar surface area (TPSA) is 167 Å². The van der Waals surface area contributed by atoms with E-state index in [9.17, 15) is 19.2 Å². The second-order valence-electron chi connectivity index (χ2n) is 18.7. The predicted octanol–water partition coefficient (Wildman–Crippen LogP) is 11.7. The molecule has 4 aromatic heterocycles. The van der Waals surface area contributed by atoms with E-state index in [0.29, 0.717) is 39.5 Å². The van der Waals surface area contributed by atoms with Crippen LogP contribution in [0.4, 0.5) is 9.59 Å². The van der Waals surface area contributed by atoms with Crippen molar-refractivity contribution < 1.29 is 38.1 Å². The monoisotopic (exact) mass is 912 g/mol. The van der Waals surface area contributed by atoms with Crippen LogP contribution in [0.25, 0.3) is 50.9 Å². The number of rotatable bonds is 7. The number of carbonyl (C=O) groups excluding carboxylic acids is 4. The fourth-order valence-electron chi connectivity index (χ4n) is 6.01. The Kier molecular flexibility index (Phi) is 14.8. The molecule has 2 aromatic carbocycles. The van der Waals surface area contributed by atoms with E-state index in [2.05, 4.69) is 19.9 Å². The van der Waals surface area contributed by atoms with E-state index in [1.165, 1.54) is 21.3 Å². The smallest absolute Gasteiger partial charge is 0.420 e. The first-order chi connectivity index (χ1) is 29.7. The highest BCUT2D eigenvalue weighted by Gasteiger charge is 2.27. The second-order valence-corrected chi connectivity index (χ2v) is 19.4. The molecule has 0 saturated heterocycles. The van der Waals surface area contributed by atoms with E-state index in [-0.39, 0.29) is 34.8 Å². The Bertz CT molecular complexity index is 2700. The summed E-state index contributed by atoms with van der Waals surface area (Å²) in [5.74, 6) is -0.139. The first-order valence-corrected chi connectivity index (χ1v) is 21.3. The molecular formula is C48H54Cl2N6O8. The van der Waals surface area contributed by atoms with Crippen LogP contribution in [0.5, 0.6) is 0 Å². The van der Waals surface area contributed by atoms with Crippen molar-refractivity contribution in [2.75, 3.05) is 0 Å². The van der Waals surface area contributed by atoms with Gasteiger partial charge in [0.2, 0.25) is 0 Å². The summed E-state index contributed by atoms with van der Waals surface area (Å²) in [5, 5.41) is 1.37. The molecule has 0 fully saturated rings. The van der Waals surface area contributed by atoms with Crippen LogP contribution in [0.15, 0.2) is 78.9 Å². The van der Waals surface area contributed by atoms with Crippen molar-refractivity contribution in [2.45, 2.75) is 118 Å². The largest absolute Gasteiger partial charge is 0.460 e. The van der Waals surface area contributed by atoms with E-state index in [0.717, 1.165) is 11.1 Å². The summed E-state index contributed by atoms with van der Waals surface area (Å²) >= 11 is 12.9. The third kappa shape index (κ3) is 13.4. The van der Waals surface area contributed by atoms with Crippen LogP contribution < -0.4 is 0 Å². The summed E-state index contributed by atoms with van der Waals surface area (Å²) in [7, 11) is 0. The van der Waals surface area contributed by atoms with Crippen molar-refractivity contribution in [3.05, 3.63) is 101 Å². The molecule has 338 valence electrons. The quantitative estimate of drug-likeness (QED) is 0.0644. The van der Waals surface area contributed by atoms with Gasteiger partial charge in [-0.15, -0.1) is 0 Å². The first kappa shape index (κ1) is 48.9. The van der Waals surface area contributed by atoms with Gasteiger partial charge in [-0.3, -0.25) is 4.79 Å². The average Bonchev–Trinajstić information content (AvgIpc) is 3.74. The van der Waals surface area contributed by atoms with Gasteiger partial charge < -0.3 is 18.9 Å². The van der Waals surface area contributed by atoms with E-state index >= 15 is 0 Å². The lowest BCUT2D eigenvalue weighted by Crippen LogP contribution is -2.28. The van der Waals surface area contributed by atoms with E-state index in [1.54, 1.807) is 74.4 Å². The van der Waals surface area contributed by atoms with E-state index < -0.39 is 40.6 Å². The van der Waals surface area contributed by atoms with Crippen LogP contribution in [-0.4, -0.2) is 75.6 Å². The fourth-order valence-corrected chi connectivity index (χ4v) is 6.45. The molecule has 0 aliphatic rings.